The standard InChI is InChI=1S/C7H13NO2/c1-8-4-2-3-6(5-8)7(9)10/h6,8H,1-5H2,(H,9,10)/t6-/m0/s1. The van der Waals surface area contributed by atoms with E-state index in [-0.39, 0.29) is 5.92 Å². The smallest absolute Gasteiger partial charge is 0.312 e. The second-order valence-corrected chi connectivity index (χ2v) is 2.88. The third-order valence-electron chi connectivity index (χ3n) is 1.97. The molecule has 2 N–H and O–H groups in total. The molecule has 3 nitrogen and oxygen atoms in total. The normalized spacial score (nSPS) is 33.7. The number of quaternary nitrogens is 1. The zero-order valence-corrected chi connectivity index (χ0v) is 5.97. The third-order valence-corrected chi connectivity index (χ3v) is 1.97. The molecule has 0 aliphatic carbocycles. The second kappa shape index (κ2) is 3.01. The fourth-order valence-electron chi connectivity index (χ4n) is 1.36. The van der Waals surface area contributed by atoms with Crippen LogP contribution in [0, 0.1) is 13.0 Å². The predicted molar refractivity (Wildman–Crippen MR) is 36.4 cm³/mol. The average molecular weight is 143 g/mol. The molecule has 1 aliphatic heterocycles. The lowest BCUT2D eigenvalue weighted by atomic mass is 9.99. The third kappa shape index (κ3) is 1.70. The van der Waals surface area contributed by atoms with Crippen molar-refractivity contribution in [3.05, 3.63) is 7.05 Å². The Kier molecular flexibility index (Phi) is 2.27. The van der Waals surface area contributed by atoms with Gasteiger partial charge in [-0.25, -0.2) is 0 Å². The highest BCUT2D eigenvalue weighted by molar-refractivity contribution is 5.70. The number of hydrogen-bond donors (Lipinski definition) is 2. The Bertz CT molecular complexity index is 136. The molecule has 1 rings (SSSR count). The van der Waals surface area contributed by atoms with Crippen molar-refractivity contribution in [2.45, 2.75) is 12.8 Å². The van der Waals surface area contributed by atoms with E-state index in [2.05, 4.69) is 7.05 Å². The summed E-state index contributed by atoms with van der Waals surface area (Å²) in [6, 6.07) is 0. The first-order chi connectivity index (χ1) is 4.70. The molecule has 1 unspecified atom stereocenters. The predicted octanol–water partition coefficient (Wildman–Crippen LogP) is -0.843. The molecule has 0 bridgehead atoms. The van der Waals surface area contributed by atoms with Crippen LogP contribution in [0.25, 0.3) is 0 Å². The molecule has 1 saturated heterocycles. The molecule has 0 amide bonds. The van der Waals surface area contributed by atoms with Gasteiger partial charge < -0.3 is 10.0 Å². The molecule has 3 heteroatoms. The van der Waals surface area contributed by atoms with Crippen molar-refractivity contribution < 1.29 is 14.8 Å². The summed E-state index contributed by atoms with van der Waals surface area (Å²) < 4.78 is 0. The van der Waals surface area contributed by atoms with Crippen LogP contribution in [-0.2, 0) is 4.79 Å². The number of nitrogens with one attached hydrogen (secondary N) is 1. The van der Waals surface area contributed by atoms with Crippen molar-refractivity contribution in [3.8, 4) is 0 Å². The average Bonchev–Trinajstić information content (AvgIpc) is 1.88. The minimum absolute atomic E-state index is 0.152. The van der Waals surface area contributed by atoms with Crippen LogP contribution in [-0.4, -0.2) is 24.2 Å². The fourth-order valence-corrected chi connectivity index (χ4v) is 1.36. The van der Waals surface area contributed by atoms with Crippen molar-refractivity contribution in [1.82, 2.24) is 0 Å². The van der Waals surface area contributed by atoms with Crippen LogP contribution in [0.2, 0.25) is 0 Å². The maximum Gasteiger partial charge on any atom is 0.312 e. The van der Waals surface area contributed by atoms with Gasteiger partial charge in [0.15, 0.2) is 0 Å². The molecule has 0 aromatic heterocycles. The monoisotopic (exact) mass is 143 g/mol. The van der Waals surface area contributed by atoms with Gasteiger partial charge in [-0.15, -0.1) is 0 Å². The van der Waals surface area contributed by atoms with Gasteiger partial charge in [0.1, 0.15) is 5.92 Å². The van der Waals surface area contributed by atoms with Crippen molar-refractivity contribution in [2.75, 3.05) is 13.1 Å². The summed E-state index contributed by atoms with van der Waals surface area (Å²) in [6.07, 6.45) is 1.82. The number of piperidine rings is 1. The van der Waals surface area contributed by atoms with Crippen LogP contribution in [0.3, 0.4) is 0 Å². The van der Waals surface area contributed by atoms with Gasteiger partial charge in [-0.1, -0.05) is 0 Å². The Balaban J connectivity index is 2.39. The highest BCUT2D eigenvalue weighted by atomic mass is 16.4. The number of rotatable bonds is 1. The van der Waals surface area contributed by atoms with Gasteiger partial charge in [-0.05, 0) is 12.8 Å². The minimum atomic E-state index is -0.666. The topological polar surface area (TPSA) is 41.7 Å². The largest absolute Gasteiger partial charge is 0.481 e. The molecule has 0 spiro atoms. The van der Waals surface area contributed by atoms with Crippen LogP contribution in [0.15, 0.2) is 0 Å². The maximum atomic E-state index is 10.5. The number of aliphatic carboxylic acids is 1. The second-order valence-electron chi connectivity index (χ2n) is 2.88. The summed E-state index contributed by atoms with van der Waals surface area (Å²) >= 11 is 0. The zero-order chi connectivity index (χ0) is 7.56. The molecular weight excluding hydrogens is 130 g/mol. The Morgan fingerprint density at radius 2 is 2.40 bits per heavy atom. The summed E-state index contributed by atoms with van der Waals surface area (Å²) in [5, 5.41) is 8.61. The van der Waals surface area contributed by atoms with E-state index in [4.69, 9.17) is 5.11 Å². The molecular formula is C7H13NO2. The number of hydrogen-bond acceptors (Lipinski definition) is 1. The van der Waals surface area contributed by atoms with Crippen molar-refractivity contribution in [3.63, 3.8) is 0 Å². The number of likely N-dealkylation sites (tertiary alicyclic amines) is 1. The minimum Gasteiger partial charge on any atom is -0.481 e. The van der Waals surface area contributed by atoms with Crippen LogP contribution < -0.4 is 4.90 Å². The lowest BCUT2D eigenvalue weighted by molar-refractivity contribution is -0.862. The van der Waals surface area contributed by atoms with Crippen molar-refractivity contribution in [1.29, 1.82) is 0 Å². The van der Waals surface area contributed by atoms with Gasteiger partial charge in [0.25, 0.3) is 0 Å². The van der Waals surface area contributed by atoms with E-state index in [0.717, 1.165) is 24.3 Å². The fraction of sp³-hybridized carbons (Fsp3) is 0.714. The van der Waals surface area contributed by atoms with Gasteiger partial charge in [-0.2, -0.15) is 7.05 Å². The molecule has 0 aromatic carbocycles. The summed E-state index contributed by atoms with van der Waals surface area (Å²) in [6.45, 7) is 1.71. The summed E-state index contributed by atoms with van der Waals surface area (Å²) in [4.78, 5) is 11.6. The molecule has 10 heavy (non-hydrogen) atoms. The Morgan fingerprint density at radius 3 is 2.80 bits per heavy atom. The SMILES string of the molecule is [CH2-][NH+]1CCC[C@H](C(=O)O)C1. The molecule has 0 aromatic rings. The molecule has 0 saturated carbocycles. The first kappa shape index (κ1) is 7.54. The highest BCUT2D eigenvalue weighted by Gasteiger charge is 2.23. The lowest BCUT2D eigenvalue weighted by Crippen LogP contribution is -3.08. The van der Waals surface area contributed by atoms with Crippen molar-refractivity contribution >= 4 is 5.97 Å². The summed E-state index contributed by atoms with van der Waals surface area (Å²) in [5.41, 5.74) is 0. The van der Waals surface area contributed by atoms with Gasteiger partial charge in [-0.3, -0.25) is 4.79 Å². The van der Waals surface area contributed by atoms with Crippen LogP contribution in [0.4, 0.5) is 0 Å². The number of carboxylic acids is 1. The van der Waals surface area contributed by atoms with Gasteiger partial charge >= 0.3 is 5.97 Å². The van der Waals surface area contributed by atoms with E-state index in [9.17, 15) is 4.79 Å². The first-order valence-electron chi connectivity index (χ1n) is 3.59. The van der Waals surface area contributed by atoms with Crippen LogP contribution in [0.5, 0.6) is 0 Å². The van der Waals surface area contributed by atoms with E-state index in [1.807, 2.05) is 0 Å². The maximum absolute atomic E-state index is 10.5. The van der Waals surface area contributed by atoms with Gasteiger partial charge in [0.2, 0.25) is 0 Å². The van der Waals surface area contributed by atoms with Gasteiger partial charge in [0, 0.05) is 0 Å². The van der Waals surface area contributed by atoms with E-state index < -0.39 is 5.97 Å². The Hall–Kier alpha value is -0.570. The number of carboxylic acid groups (broad SMARTS) is 1. The molecule has 0 radical (unpaired) electrons. The lowest BCUT2D eigenvalue weighted by Gasteiger charge is -2.29. The molecule has 58 valence electrons. The molecule has 1 heterocycles. The zero-order valence-electron chi connectivity index (χ0n) is 5.97. The molecule has 2 atom stereocenters. The van der Waals surface area contributed by atoms with E-state index in [0.29, 0.717) is 6.54 Å². The highest BCUT2D eigenvalue weighted by Crippen LogP contribution is 2.06. The van der Waals surface area contributed by atoms with E-state index in [1.165, 1.54) is 0 Å². The van der Waals surface area contributed by atoms with Gasteiger partial charge in [0.05, 0.1) is 13.1 Å². The number of carbonyl (C=O) groups is 1. The van der Waals surface area contributed by atoms with E-state index in [1.54, 1.807) is 0 Å². The van der Waals surface area contributed by atoms with Crippen molar-refractivity contribution in [2.24, 2.45) is 5.92 Å². The summed E-state index contributed by atoms with van der Waals surface area (Å²) in [7, 11) is 3.78. The quantitative estimate of drug-likeness (QED) is 0.470. The summed E-state index contributed by atoms with van der Waals surface area (Å²) in [5.74, 6) is -0.818. The first-order valence-corrected chi connectivity index (χ1v) is 3.59. The Labute approximate surface area is 60.6 Å². The van der Waals surface area contributed by atoms with Crippen LogP contribution in [0.1, 0.15) is 12.8 Å². The van der Waals surface area contributed by atoms with E-state index >= 15 is 0 Å². The molecule has 1 aliphatic rings. The van der Waals surface area contributed by atoms with Crippen LogP contribution >= 0.6 is 0 Å². The molecule has 1 fully saturated rings. The Morgan fingerprint density at radius 1 is 1.70 bits per heavy atom.